The SMILES string of the molecule is CCOC(=O)c1nc(N(C)C)n(CCC=O)c(=O)c1OCc1ccccc1. The van der Waals surface area contributed by atoms with E-state index in [1.807, 2.05) is 30.3 Å². The van der Waals surface area contributed by atoms with Crippen LogP contribution >= 0.6 is 0 Å². The van der Waals surface area contributed by atoms with Gasteiger partial charge in [0.25, 0.3) is 5.56 Å². The quantitative estimate of drug-likeness (QED) is 0.488. The van der Waals surface area contributed by atoms with E-state index in [1.54, 1.807) is 25.9 Å². The summed E-state index contributed by atoms with van der Waals surface area (Å²) in [5, 5.41) is 0. The molecule has 0 N–H and O–H groups in total. The van der Waals surface area contributed by atoms with Gasteiger partial charge < -0.3 is 19.2 Å². The molecule has 1 aromatic heterocycles. The smallest absolute Gasteiger partial charge is 0.361 e. The topological polar surface area (TPSA) is 90.7 Å². The summed E-state index contributed by atoms with van der Waals surface area (Å²) in [7, 11) is 3.39. The number of benzene rings is 1. The fraction of sp³-hybridized carbons (Fsp3) is 0.368. The van der Waals surface area contributed by atoms with Crippen molar-refractivity contribution >= 4 is 18.2 Å². The summed E-state index contributed by atoms with van der Waals surface area (Å²) in [4.78, 5) is 42.0. The lowest BCUT2D eigenvalue weighted by Crippen LogP contribution is -2.32. The van der Waals surface area contributed by atoms with Crippen molar-refractivity contribution < 1.29 is 19.1 Å². The standard InChI is InChI=1S/C19H23N3O5/c1-4-26-18(25)15-16(27-13-14-9-6-5-7-10-14)17(24)22(11-8-12-23)19(20-15)21(2)3/h5-7,9-10,12H,4,8,11,13H2,1-3H3. The van der Waals surface area contributed by atoms with Crippen molar-refractivity contribution in [2.24, 2.45) is 0 Å². The number of aldehydes is 1. The molecule has 8 nitrogen and oxygen atoms in total. The van der Waals surface area contributed by atoms with E-state index < -0.39 is 11.5 Å². The first-order valence-electron chi connectivity index (χ1n) is 8.59. The molecule has 2 aromatic rings. The molecule has 1 heterocycles. The summed E-state index contributed by atoms with van der Waals surface area (Å²) in [5.74, 6) is -0.672. The van der Waals surface area contributed by atoms with Gasteiger partial charge in [0.05, 0.1) is 6.61 Å². The van der Waals surface area contributed by atoms with Crippen LogP contribution in [0.3, 0.4) is 0 Å². The Morgan fingerprint density at radius 2 is 1.96 bits per heavy atom. The lowest BCUT2D eigenvalue weighted by Gasteiger charge is -2.20. The first-order chi connectivity index (χ1) is 13.0. The van der Waals surface area contributed by atoms with E-state index in [4.69, 9.17) is 9.47 Å². The monoisotopic (exact) mass is 373 g/mol. The highest BCUT2D eigenvalue weighted by Crippen LogP contribution is 2.19. The van der Waals surface area contributed by atoms with E-state index in [2.05, 4.69) is 4.98 Å². The molecule has 0 radical (unpaired) electrons. The summed E-state index contributed by atoms with van der Waals surface area (Å²) in [6, 6.07) is 9.25. The normalized spacial score (nSPS) is 10.3. The molecule has 0 unspecified atom stereocenters. The van der Waals surface area contributed by atoms with Gasteiger partial charge >= 0.3 is 5.97 Å². The number of anilines is 1. The van der Waals surface area contributed by atoms with Crippen LogP contribution in [-0.2, 0) is 22.7 Å². The lowest BCUT2D eigenvalue weighted by molar-refractivity contribution is -0.108. The van der Waals surface area contributed by atoms with Gasteiger partial charge in [-0.3, -0.25) is 9.36 Å². The molecular weight excluding hydrogens is 350 g/mol. The Kier molecular flexibility index (Phi) is 7.10. The van der Waals surface area contributed by atoms with Crippen molar-refractivity contribution in [3.05, 3.63) is 51.9 Å². The molecule has 0 saturated carbocycles. The first kappa shape index (κ1) is 20.2. The third-order valence-corrected chi connectivity index (χ3v) is 3.67. The number of ether oxygens (including phenoxy) is 2. The number of esters is 1. The van der Waals surface area contributed by atoms with Crippen molar-refractivity contribution in [3.8, 4) is 5.75 Å². The Morgan fingerprint density at radius 3 is 2.56 bits per heavy atom. The maximum Gasteiger partial charge on any atom is 0.361 e. The number of hydrogen-bond acceptors (Lipinski definition) is 7. The number of aromatic nitrogens is 2. The van der Waals surface area contributed by atoms with Gasteiger partial charge in [-0.2, -0.15) is 0 Å². The number of carbonyl (C=O) groups is 2. The van der Waals surface area contributed by atoms with Crippen LogP contribution in [0.2, 0.25) is 0 Å². The molecule has 27 heavy (non-hydrogen) atoms. The number of hydrogen-bond donors (Lipinski definition) is 0. The third-order valence-electron chi connectivity index (χ3n) is 3.67. The minimum Gasteiger partial charge on any atom is -0.481 e. The molecule has 0 aliphatic rings. The molecule has 0 atom stereocenters. The molecule has 1 aromatic carbocycles. The van der Waals surface area contributed by atoms with Crippen LogP contribution in [0.15, 0.2) is 35.1 Å². The zero-order valence-corrected chi connectivity index (χ0v) is 15.7. The maximum absolute atomic E-state index is 13.0. The van der Waals surface area contributed by atoms with Gasteiger partial charge in [-0.1, -0.05) is 30.3 Å². The third kappa shape index (κ3) is 4.93. The van der Waals surface area contributed by atoms with Gasteiger partial charge in [-0.05, 0) is 12.5 Å². The maximum atomic E-state index is 13.0. The van der Waals surface area contributed by atoms with E-state index in [9.17, 15) is 14.4 Å². The van der Waals surface area contributed by atoms with Crippen molar-refractivity contribution in [1.82, 2.24) is 9.55 Å². The van der Waals surface area contributed by atoms with E-state index in [1.165, 1.54) is 4.57 Å². The zero-order chi connectivity index (χ0) is 19.8. The Labute approximate surface area is 157 Å². The van der Waals surface area contributed by atoms with Crippen molar-refractivity contribution in [2.75, 3.05) is 25.6 Å². The number of nitrogens with zero attached hydrogens (tertiary/aromatic N) is 3. The molecule has 0 aliphatic carbocycles. The van der Waals surface area contributed by atoms with Gasteiger partial charge in [-0.25, -0.2) is 9.78 Å². The number of carbonyl (C=O) groups excluding carboxylic acids is 2. The zero-order valence-electron chi connectivity index (χ0n) is 15.7. The van der Waals surface area contributed by atoms with Crippen LogP contribution in [0.1, 0.15) is 29.4 Å². The van der Waals surface area contributed by atoms with Gasteiger partial charge in [-0.15, -0.1) is 0 Å². The highest BCUT2D eigenvalue weighted by molar-refractivity contribution is 5.90. The molecule has 144 valence electrons. The van der Waals surface area contributed by atoms with Gasteiger partial charge in [0.15, 0.2) is 5.69 Å². The summed E-state index contributed by atoms with van der Waals surface area (Å²) >= 11 is 0. The summed E-state index contributed by atoms with van der Waals surface area (Å²) in [6.07, 6.45) is 0.856. The molecule has 0 bridgehead atoms. The van der Waals surface area contributed by atoms with Gasteiger partial charge in [0, 0.05) is 27.1 Å². The predicted octanol–water partition coefficient (Wildman–Crippen LogP) is 1.65. The summed E-state index contributed by atoms with van der Waals surface area (Å²) in [5.41, 5.74) is 0.126. The van der Waals surface area contributed by atoms with Gasteiger partial charge in [0.1, 0.15) is 12.9 Å². The Hall–Kier alpha value is -3.16. The fourth-order valence-corrected chi connectivity index (χ4v) is 2.45. The second kappa shape index (κ2) is 9.51. The largest absolute Gasteiger partial charge is 0.481 e. The van der Waals surface area contributed by atoms with Crippen LogP contribution < -0.4 is 15.2 Å². The summed E-state index contributed by atoms with van der Waals surface area (Å²) < 4.78 is 12.0. The van der Waals surface area contributed by atoms with Crippen LogP contribution in [-0.4, -0.2) is 42.5 Å². The minimum atomic E-state index is -0.733. The summed E-state index contributed by atoms with van der Waals surface area (Å²) in [6.45, 7) is 2.04. The Balaban J connectivity index is 2.53. The second-order valence-electron chi connectivity index (χ2n) is 5.89. The Bertz CT molecular complexity index is 846. The highest BCUT2D eigenvalue weighted by Gasteiger charge is 2.25. The Morgan fingerprint density at radius 1 is 1.26 bits per heavy atom. The van der Waals surface area contributed by atoms with E-state index in [-0.39, 0.29) is 43.6 Å². The van der Waals surface area contributed by atoms with E-state index in [0.29, 0.717) is 0 Å². The molecule has 2 rings (SSSR count). The molecule has 0 fully saturated rings. The lowest BCUT2D eigenvalue weighted by atomic mass is 10.2. The van der Waals surface area contributed by atoms with Crippen molar-refractivity contribution in [2.45, 2.75) is 26.5 Å². The molecule has 8 heteroatoms. The predicted molar refractivity (Wildman–Crippen MR) is 100 cm³/mol. The average molecular weight is 373 g/mol. The van der Waals surface area contributed by atoms with E-state index >= 15 is 0 Å². The van der Waals surface area contributed by atoms with E-state index in [0.717, 1.165) is 11.8 Å². The van der Waals surface area contributed by atoms with Crippen molar-refractivity contribution in [3.63, 3.8) is 0 Å². The average Bonchev–Trinajstić information content (AvgIpc) is 2.66. The molecule has 0 spiro atoms. The molecule has 0 saturated heterocycles. The fourth-order valence-electron chi connectivity index (χ4n) is 2.45. The first-order valence-corrected chi connectivity index (χ1v) is 8.59. The molecule has 0 amide bonds. The highest BCUT2D eigenvalue weighted by atomic mass is 16.5. The number of rotatable bonds is 9. The molecule has 0 aliphatic heterocycles. The van der Waals surface area contributed by atoms with Crippen molar-refractivity contribution in [1.29, 1.82) is 0 Å². The minimum absolute atomic E-state index is 0.0964. The van der Waals surface area contributed by atoms with Crippen LogP contribution in [0.4, 0.5) is 5.95 Å². The second-order valence-corrected chi connectivity index (χ2v) is 5.89. The van der Waals surface area contributed by atoms with Gasteiger partial charge in [0.2, 0.25) is 11.7 Å². The van der Waals surface area contributed by atoms with Crippen LogP contribution in [0, 0.1) is 0 Å². The molecular formula is C19H23N3O5. The van der Waals surface area contributed by atoms with Crippen LogP contribution in [0.25, 0.3) is 0 Å². The van der Waals surface area contributed by atoms with Crippen LogP contribution in [0.5, 0.6) is 5.75 Å².